The van der Waals surface area contributed by atoms with Crippen LogP contribution in [0, 0.1) is 0 Å². The molecule has 0 saturated carbocycles. The van der Waals surface area contributed by atoms with E-state index in [1.165, 1.54) is 18.5 Å². The summed E-state index contributed by atoms with van der Waals surface area (Å²) < 4.78 is 38.5. The fraction of sp³-hybridized carbons (Fsp3) is 0.0909. The third-order valence-electron chi connectivity index (χ3n) is 2.66. The van der Waals surface area contributed by atoms with Crippen molar-refractivity contribution in [3.63, 3.8) is 0 Å². The highest BCUT2D eigenvalue weighted by atomic mass is 19.4. The molecule has 102 valence electrons. The van der Waals surface area contributed by atoms with Crippen molar-refractivity contribution in [2.75, 3.05) is 0 Å². The fourth-order valence-electron chi connectivity index (χ4n) is 1.70. The summed E-state index contributed by atoms with van der Waals surface area (Å²) in [6.07, 6.45) is -3.17. The molecule has 0 bridgehead atoms. The number of alkyl halides is 3. The Bertz CT molecular complexity index is 818. The van der Waals surface area contributed by atoms with Crippen molar-refractivity contribution in [2.24, 2.45) is 0 Å². The van der Waals surface area contributed by atoms with Gasteiger partial charge in [-0.3, -0.25) is 4.79 Å². The van der Waals surface area contributed by atoms with E-state index in [0.717, 1.165) is 16.6 Å². The van der Waals surface area contributed by atoms with Crippen LogP contribution in [0.3, 0.4) is 0 Å². The van der Waals surface area contributed by atoms with Gasteiger partial charge >= 0.3 is 6.18 Å². The van der Waals surface area contributed by atoms with Crippen LogP contribution in [0.15, 0.2) is 35.4 Å². The van der Waals surface area contributed by atoms with Crippen molar-refractivity contribution >= 4 is 5.65 Å². The molecule has 0 amide bonds. The Morgan fingerprint density at radius 2 is 1.85 bits per heavy atom. The van der Waals surface area contributed by atoms with Crippen molar-refractivity contribution in [3.8, 4) is 11.4 Å². The number of halogens is 3. The van der Waals surface area contributed by atoms with Gasteiger partial charge in [0.2, 0.25) is 5.65 Å². The summed E-state index contributed by atoms with van der Waals surface area (Å²) in [5, 5.41) is 11.1. The summed E-state index contributed by atoms with van der Waals surface area (Å²) in [6, 6.07) is 4.31. The first kappa shape index (κ1) is 12.3. The number of H-pyrrole nitrogens is 1. The minimum absolute atomic E-state index is 0.0145. The van der Waals surface area contributed by atoms with Gasteiger partial charge in [0, 0.05) is 5.56 Å². The quantitative estimate of drug-likeness (QED) is 0.733. The number of nitrogens with zero attached hydrogens (tertiary/aromatic N) is 4. The van der Waals surface area contributed by atoms with Crippen LogP contribution < -0.4 is 5.56 Å². The Morgan fingerprint density at radius 1 is 1.15 bits per heavy atom. The van der Waals surface area contributed by atoms with E-state index in [1.54, 1.807) is 0 Å². The summed E-state index contributed by atoms with van der Waals surface area (Å²) in [6.45, 7) is 0. The zero-order valence-corrected chi connectivity index (χ0v) is 9.72. The number of fused-ring (bicyclic) bond motifs is 1. The number of hydrogen-bond acceptors (Lipinski definition) is 4. The second kappa shape index (κ2) is 4.15. The number of rotatable bonds is 1. The summed E-state index contributed by atoms with van der Waals surface area (Å²) in [4.78, 5) is 14.1. The van der Waals surface area contributed by atoms with E-state index in [0.29, 0.717) is 5.56 Å². The molecule has 3 aromatic rings. The minimum Gasteiger partial charge on any atom is -0.302 e. The maximum Gasteiger partial charge on any atom is 0.416 e. The van der Waals surface area contributed by atoms with Crippen LogP contribution in [0.2, 0.25) is 0 Å². The number of aromatic nitrogens is 5. The number of nitrogens with one attached hydrogen (secondary N) is 1. The molecular formula is C11H6F3N5O. The van der Waals surface area contributed by atoms with Crippen molar-refractivity contribution in [1.82, 2.24) is 24.8 Å². The van der Waals surface area contributed by atoms with Crippen LogP contribution in [-0.4, -0.2) is 24.8 Å². The average Bonchev–Trinajstić information content (AvgIpc) is 2.86. The maximum atomic E-state index is 12.5. The Balaban J connectivity index is 2.09. The SMILES string of the molecule is O=c1[nH]c(-c2ccc(C(F)(F)F)cc2)nn2cnnc12. The van der Waals surface area contributed by atoms with Gasteiger partial charge in [-0.25, -0.2) is 0 Å². The van der Waals surface area contributed by atoms with Gasteiger partial charge in [-0.05, 0) is 12.1 Å². The number of benzene rings is 1. The molecule has 3 rings (SSSR count). The third kappa shape index (κ3) is 2.02. The Kier molecular flexibility index (Phi) is 2.56. The van der Waals surface area contributed by atoms with E-state index in [2.05, 4.69) is 20.3 Å². The molecule has 0 aliphatic rings. The van der Waals surface area contributed by atoms with E-state index in [1.807, 2.05) is 0 Å². The normalized spacial score (nSPS) is 11.9. The molecule has 2 heterocycles. The molecule has 20 heavy (non-hydrogen) atoms. The summed E-state index contributed by atoms with van der Waals surface area (Å²) in [7, 11) is 0. The van der Waals surface area contributed by atoms with Crippen LogP contribution in [0.4, 0.5) is 13.2 Å². The molecule has 0 spiro atoms. The molecule has 1 N–H and O–H groups in total. The van der Waals surface area contributed by atoms with Gasteiger partial charge in [0.1, 0.15) is 6.33 Å². The van der Waals surface area contributed by atoms with Crippen LogP contribution >= 0.6 is 0 Å². The summed E-state index contributed by atoms with van der Waals surface area (Å²) in [5.41, 5.74) is -0.923. The molecule has 9 heteroatoms. The second-order valence-electron chi connectivity index (χ2n) is 3.98. The lowest BCUT2D eigenvalue weighted by atomic mass is 10.1. The lowest BCUT2D eigenvalue weighted by molar-refractivity contribution is -0.137. The fourth-order valence-corrected chi connectivity index (χ4v) is 1.70. The van der Waals surface area contributed by atoms with Gasteiger partial charge < -0.3 is 4.98 Å². The predicted octanol–water partition coefficient (Wildman–Crippen LogP) is 1.50. The topological polar surface area (TPSA) is 75.9 Å². The first-order valence-electron chi connectivity index (χ1n) is 5.43. The Morgan fingerprint density at radius 3 is 2.50 bits per heavy atom. The monoisotopic (exact) mass is 281 g/mol. The van der Waals surface area contributed by atoms with E-state index in [4.69, 9.17) is 0 Å². The molecular weight excluding hydrogens is 275 g/mol. The minimum atomic E-state index is -4.41. The van der Waals surface area contributed by atoms with Gasteiger partial charge in [0.25, 0.3) is 5.56 Å². The van der Waals surface area contributed by atoms with Gasteiger partial charge in [-0.15, -0.1) is 15.3 Å². The van der Waals surface area contributed by atoms with Gasteiger partial charge in [0.15, 0.2) is 5.82 Å². The van der Waals surface area contributed by atoms with Crippen LogP contribution in [-0.2, 0) is 6.18 Å². The molecule has 1 aromatic carbocycles. The van der Waals surface area contributed by atoms with Crippen LogP contribution in [0.5, 0.6) is 0 Å². The van der Waals surface area contributed by atoms with Crippen molar-refractivity contribution in [3.05, 3.63) is 46.5 Å². The molecule has 2 aromatic heterocycles. The first-order valence-corrected chi connectivity index (χ1v) is 5.43. The average molecular weight is 281 g/mol. The van der Waals surface area contributed by atoms with Crippen molar-refractivity contribution in [1.29, 1.82) is 0 Å². The molecule has 0 unspecified atom stereocenters. The van der Waals surface area contributed by atoms with Crippen molar-refractivity contribution < 1.29 is 13.2 Å². The highest BCUT2D eigenvalue weighted by molar-refractivity contribution is 5.55. The second-order valence-corrected chi connectivity index (χ2v) is 3.98. The summed E-state index contributed by atoms with van der Waals surface area (Å²) in [5.74, 6) is 0.135. The lowest BCUT2D eigenvalue weighted by Crippen LogP contribution is -2.14. The molecule has 0 atom stereocenters. The van der Waals surface area contributed by atoms with Crippen LogP contribution in [0.25, 0.3) is 17.0 Å². The van der Waals surface area contributed by atoms with Crippen LogP contribution in [0.1, 0.15) is 5.56 Å². The van der Waals surface area contributed by atoms with E-state index in [9.17, 15) is 18.0 Å². The highest BCUT2D eigenvalue weighted by Crippen LogP contribution is 2.30. The molecule has 0 aliphatic carbocycles. The predicted molar refractivity (Wildman–Crippen MR) is 61.8 cm³/mol. The number of aromatic amines is 1. The molecule has 0 aliphatic heterocycles. The number of hydrogen-bond donors (Lipinski definition) is 1. The molecule has 0 saturated heterocycles. The van der Waals surface area contributed by atoms with E-state index < -0.39 is 17.3 Å². The Labute approximate surface area is 108 Å². The largest absolute Gasteiger partial charge is 0.416 e. The zero-order chi connectivity index (χ0) is 14.3. The first-order chi connectivity index (χ1) is 9.45. The standard InChI is InChI=1S/C11H6F3N5O/c12-11(13,14)7-3-1-6(2-4-7)8-16-10(20)9-17-15-5-19(9)18-8/h1-5H,(H,16,18,20). The van der Waals surface area contributed by atoms with Crippen molar-refractivity contribution in [2.45, 2.75) is 6.18 Å². The third-order valence-corrected chi connectivity index (χ3v) is 2.66. The summed E-state index contributed by atoms with van der Waals surface area (Å²) >= 11 is 0. The lowest BCUT2D eigenvalue weighted by Gasteiger charge is -2.07. The molecule has 6 nitrogen and oxygen atoms in total. The van der Waals surface area contributed by atoms with Gasteiger partial charge in [-0.2, -0.15) is 17.7 Å². The maximum absolute atomic E-state index is 12.5. The molecule has 0 radical (unpaired) electrons. The Hall–Kier alpha value is -2.71. The smallest absolute Gasteiger partial charge is 0.302 e. The zero-order valence-electron chi connectivity index (χ0n) is 9.72. The van der Waals surface area contributed by atoms with E-state index in [-0.39, 0.29) is 11.5 Å². The highest BCUT2D eigenvalue weighted by Gasteiger charge is 2.30. The van der Waals surface area contributed by atoms with Gasteiger partial charge in [0.05, 0.1) is 5.56 Å². The van der Waals surface area contributed by atoms with E-state index >= 15 is 0 Å². The molecule has 0 fully saturated rings. The van der Waals surface area contributed by atoms with Gasteiger partial charge in [-0.1, -0.05) is 12.1 Å².